The molecule has 3 atom stereocenters. The number of aromatic nitrogens is 1. The number of aryl methyl sites for hydroxylation is 1. The summed E-state index contributed by atoms with van der Waals surface area (Å²) in [5.74, 6) is 0. The van der Waals surface area contributed by atoms with E-state index in [4.69, 9.17) is 9.72 Å². The molecule has 1 aromatic heterocycles. The van der Waals surface area contributed by atoms with Crippen LogP contribution in [0.5, 0.6) is 0 Å². The Bertz CT molecular complexity index is 435. The second kappa shape index (κ2) is 4.79. The second-order valence-electron chi connectivity index (χ2n) is 5.26. The number of nitrogens with zero attached hydrogens (tertiary/aromatic N) is 2. The third-order valence-electron chi connectivity index (χ3n) is 4.05. The number of thiazole rings is 1. The highest BCUT2D eigenvalue weighted by Gasteiger charge is 2.31. The average Bonchev–Trinajstić information content (AvgIpc) is 2.95. The van der Waals surface area contributed by atoms with E-state index < -0.39 is 0 Å². The quantitative estimate of drug-likeness (QED) is 0.892. The van der Waals surface area contributed by atoms with Crippen LogP contribution in [0.15, 0.2) is 0 Å². The first-order valence-corrected chi connectivity index (χ1v) is 7.50. The van der Waals surface area contributed by atoms with E-state index >= 15 is 0 Å². The van der Waals surface area contributed by atoms with Gasteiger partial charge < -0.3 is 14.7 Å². The molecule has 4 nitrogen and oxygen atoms in total. The molecule has 100 valence electrons. The first-order valence-electron chi connectivity index (χ1n) is 6.69. The van der Waals surface area contributed by atoms with E-state index in [1.807, 2.05) is 0 Å². The predicted molar refractivity (Wildman–Crippen MR) is 72.2 cm³/mol. The van der Waals surface area contributed by atoms with Gasteiger partial charge in [0, 0.05) is 13.7 Å². The molecule has 0 radical (unpaired) electrons. The molecular weight excluding hydrogens is 248 g/mol. The Kier molecular flexibility index (Phi) is 3.30. The van der Waals surface area contributed by atoms with Crippen molar-refractivity contribution in [3.8, 4) is 0 Å². The van der Waals surface area contributed by atoms with Crippen molar-refractivity contribution in [2.24, 2.45) is 0 Å². The molecule has 0 saturated carbocycles. The minimum Gasteiger partial charge on any atom is -0.388 e. The van der Waals surface area contributed by atoms with Crippen LogP contribution in [0.2, 0.25) is 0 Å². The summed E-state index contributed by atoms with van der Waals surface area (Å²) >= 11 is 1.65. The van der Waals surface area contributed by atoms with E-state index in [0.717, 1.165) is 48.0 Å². The van der Waals surface area contributed by atoms with Crippen LogP contribution in [0.25, 0.3) is 0 Å². The number of fused-ring (bicyclic) bond motifs is 1. The van der Waals surface area contributed by atoms with Crippen molar-refractivity contribution >= 4 is 16.5 Å². The fourth-order valence-electron chi connectivity index (χ4n) is 2.91. The van der Waals surface area contributed by atoms with Gasteiger partial charge in [-0.25, -0.2) is 4.98 Å². The highest BCUT2D eigenvalue weighted by molar-refractivity contribution is 7.15. The number of hydrogen-bond donors (Lipinski definition) is 1. The van der Waals surface area contributed by atoms with Crippen LogP contribution in [0.1, 0.15) is 42.9 Å². The van der Waals surface area contributed by atoms with Crippen LogP contribution < -0.4 is 4.90 Å². The van der Waals surface area contributed by atoms with E-state index in [-0.39, 0.29) is 12.2 Å². The Labute approximate surface area is 112 Å². The van der Waals surface area contributed by atoms with Gasteiger partial charge in [-0.1, -0.05) is 11.3 Å². The highest BCUT2D eigenvalue weighted by Crippen LogP contribution is 2.38. The smallest absolute Gasteiger partial charge is 0.185 e. The molecule has 2 aliphatic rings. The molecule has 1 saturated heterocycles. The zero-order chi connectivity index (χ0) is 12.7. The highest BCUT2D eigenvalue weighted by atomic mass is 32.1. The zero-order valence-corrected chi connectivity index (χ0v) is 11.7. The van der Waals surface area contributed by atoms with Crippen molar-refractivity contribution < 1.29 is 9.84 Å². The number of ether oxygens (including phenoxy) is 1. The lowest BCUT2D eigenvalue weighted by Gasteiger charge is -2.26. The van der Waals surface area contributed by atoms with Crippen molar-refractivity contribution in [1.82, 2.24) is 4.98 Å². The molecule has 5 heteroatoms. The Morgan fingerprint density at radius 1 is 1.44 bits per heavy atom. The predicted octanol–water partition coefficient (Wildman–Crippen LogP) is 2.13. The molecule has 1 aliphatic carbocycles. The monoisotopic (exact) mass is 268 g/mol. The third kappa shape index (κ3) is 2.04. The molecular formula is C13H20N2O2S. The van der Waals surface area contributed by atoms with Gasteiger partial charge in [-0.3, -0.25) is 0 Å². The summed E-state index contributed by atoms with van der Waals surface area (Å²) in [6, 6.07) is 0.412. The molecule has 3 unspecified atom stereocenters. The maximum absolute atomic E-state index is 10.0. The Balaban J connectivity index is 1.84. The molecule has 1 aromatic rings. The van der Waals surface area contributed by atoms with Crippen molar-refractivity contribution in [1.29, 1.82) is 0 Å². The van der Waals surface area contributed by atoms with Gasteiger partial charge >= 0.3 is 0 Å². The summed E-state index contributed by atoms with van der Waals surface area (Å²) in [4.78, 5) is 8.02. The fourth-order valence-corrected chi connectivity index (χ4v) is 4.06. The standard InChI is InChI=1S/C13H20N2O2S/c1-8-10(6-7-17-8)15(2)13-14-9-4-3-5-11(16)12(9)18-13/h8,10-11,16H,3-7H2,1-2H3. The average molecular weight is 268 g/mol. The molecule has 1 fully saturated rings. The van der Waals surface area contributed by atoms with Gasteiger partial charge in [0.15, 0.2) is 5.13 Å². The number of rotatable bonds is 2. The number of aliphatic hydroxyl groups is 1. The molecule has 1 aliphatic heterocycles. The summed E-state index contributed by atoms with van der Waals surface area (Å²) in [6.45, 7) is 2.96. The molecule has 0 amide bonds. The van der Waals surface area contributed by atoms with Crippen LogP contribution in [0.4, 0.5) is 5.13 Å². The van der Waals surface area contributed by atoms with Gasteiger partial charge in [0.25, 0.3) is 0 Å². The number of likely N-dealkylation sites (N-methyl/N-ethyl adjacent to an activating group) is 1. The Morgan fingerprint density at radius 3 is 2.94 bits per heavy atom. The minimum atomic E-state index is -0.300. The maximum Gasteiger partial charge on any atom is 0.185 e. The third-order valence-corrected chi connectivity index (χ3v) is 5.33. The topological polar surface area (TPSA) is 45.6 Å². The van der Waals surface area contributed by atoms with Gasteiger partial charge in [0.1, 0.15) is 0 Å². The van der Waals surface area contributed by atoms with Crippen molar-refractivity contribution in [2.45, 2.75) is 50.9 Å². The van der Waals surface area contributed by atoms with Gasteiger partial charge in [-0.05, 0) is 32.6 Å². The van der Waals surface area contributed by atoms with Crippen LogP contribution in [0.3, 0.4) is 0 Å². The van der Waals surface area contributed by atoms with E-state index in [0.29, 0.717) is 6.04 Å². The SMILES string of the molecule is CC1OCCC1N(C)c1nc2c(s1)C(O)CCC2. The van der Waals surface area contributed by atoms with Crippen molar-refractivity contribution in [2.75, 3.05) is 18.6 Å². The lowest BCUT2D eigenvalue weighted by atomic mass is 10.0. The summed E-state index contributed by atoms with van der Waals surface area (Å²) in [6.07, 6.45) is 3.95. The fraction of sp³-hybridized carbons (Fsp3) is 0.769. The first kappa shape index (κ1) is 12.4. The van der Waals surface area contributed by atoms with Crippen LogP contribution in [-0.2, 0) is 11.2 Å². The van der Waals surface area contributed by atoms with Gasteiger partial charge in [-0.15, -0.1) is 0 Å². The molecule has 0 aromatic carbocycles. The van der Waals surface area contributed by atoms with Crippen LogP contribution >= 0.6 is 11.3 Å². The van der Waals surface area contributed by atoms with Gasteiger partial charge in [-0.2, -0.15) is 0 Å². The van der Waals surface area contributed by atoms with Gasteiger partial charge in [0.05, 0.1) is 28.8 Å². The Hall–Kier alpha value is -0.650. The normalized spacial score (nSPS) is 31.4. The summed E-state index contributed by atoms with van der Waals surface area (Å²) in [5, 5.41) is 11.0. The molecule has 2 heterocycles. The molecule has 0 spiro atoms. The van der Waals surface area contributed by atoms with Crippen molar-refractivity contribution in [3.05, 3.63) is 10.6 Å². The second-order valence-corrected chi connectivity index (χ2v) is 6.27. The van der Waals surface area contributed by atoms with Crippen LogP contribution in [-0.4, -0.2) is 35.9 Å². The van der Waals surface area contributed by atoms with Gasteiger partial charge in [0.2, 0.25) is 0 Å². The zero-order valence-electron chi connectivity index (χ0n) is 10.9. The molecule has 0 bridgehead atoms. The van der Waals surface area contributed by atoms with Crippen LogP contribution in [0, 0.1) is 0 Å². The number of anilines is 1. The molecule has 18 heavy (non-hydrogen) atoms. The molecule has 3 rings (SSSR count). The first-order chi connectivity index (χ1) is 8.66. The summed E-state index contributed by atoms with van der Waals surface area (Å²) in [7, 11) is 2.09. The minimum absolute atomic E-state index is 0.265. The van der Waals surface area contributed by atoms with Crippen molar-refractivity contribution in [3.63, 3.8) is 0 Å². The maximum atomic E-state index is 10.0. The van der Waals surface area contributed by atoms with E-state index in [1.54, 1.807) is 11.3 Å². The Morgan fingerprint density at radius 2 is 2.28 bits per heavy atom. The summed E-state index contributed by atoms with van der Waals surface area (Å²) < 4.78 is 5.62. The largest absolute Gasteiger partial charge is 0.388 e. The summed E-state index contributed by atoms with van der Waals surface area (Å²) in [5.41, 5.74) is 1.10. The number of hydrogen-bond acceptors (Lipinski definition) is 5. The van der Waals surface area contributed by atoms with E-state index in [1.165, 1.54) is 0 Å². The lowest BCUT2D eigenvalue weighted by Crippen LogP contribution is -2.36. The number of aliphatic hydroxyl groups excluding tert-OH is 1. The van der Waals surface area contributed by atoms with E-state index in [9.17, 15) is 5.11 Å². The lowest BCUT2D eigenvalue weighted by molar-refractivity contribution is 0.118. The molecule has 1 N–H and O–H groups in total. The van der Waals surface area contributed by atoms with E-state index in [2.05, 4.69) is 18.9 Å².